The highest BCUT2D eigenvalue weighted by atomic mass is 32.1. The minimum absolute atomic E-state index is 0.0714. The number of aryl methyl sites for hydroxylation is 1. The summed E-state index contributed by atoms with van der Waals surface area (Å²) in [5.41, 5.74) is 1.73. The highest BCUT2D eigenvalue weighted by Gasteiger charge is 2.28. The summed E-state index contributed by atoms with van der Waals surface area (Å²) in [6.45, 7) is 3.39. The van der Waals surface area contributed by atoms with E-state index in [2.05, 4.69) is 12.1 Å². The molecule has 0 N–H and O–H groups in total. The molecule has 0 saturated carbocycles. The number of fused-ring (bicyclic) bond motifs is 1. The molecule has 1 saturated heterocycles. The number of aromatic nitrogens is 1. The van der Waals surface area contributed by atoms with Crippen LogP contribution in [0, 0.1) is 6.92 Å². The quantitative estimate of drug-likeness (QED) is 0.708. The predicted octanol–water partition coefficient (Wildman–Crippen LogP) is 4.22. The van der Waals surface area contributed by atoms with Gasteiger partial charge in [0.25, 0.3) is 5.91 Å². The van der Waals surface area contributed by atoms with Crippen LogP contribution < -0.4 is 0 Å². The van der Waals surface area contributed by atoms with E-state index >= 15 is 0 Å². The van der Waals surface area contributed by atoms with Gasteiger partial charge in [-0.1, -0.05) is 12.1 Å². The molecule has 1 amide bonds. The third-order valence-corrected chi connectivity index (χ3v) is 5.66. The third-order valence-electron chi connectivity index (χ3n) is 4.46. The van der Waals surface area contributed by atoms with Crippen LogP contribution in [0.4, 0.5) is 0 Å². The first-order valence-corrected chi connectivity index (χ1v) is 8.73. The molecule has 4 rings (SSSR count). The Kier molecular flexibility index (Phi) is 3.65. The van der Waals surface area contributed by atoms with E-state index in [4.69, 9.17) is 9.40 Å². The van der Waals surface area contributed by atoms with Gasteiger partial charge in [0.2, 0.25) is 0 Å². The summed E-state index contributed by atoms with van der Waals surface area (Å²) in [7, 11) is 0. The van der Waals surface area contributed by atoms with Gasteiger partial charge in [0.15, 0.2) is 0 Å². The van der Waals surface area contributed by atoms with E-state index in [1.165, 1.54) is 4.70 Å². The van der Waals surface area contributed by atoms with Crippen LogP contribution in [0.3, 0.4) is 0 Å². The molecule has 0 bridgehead atoms. The number of rotatable bonds is 2. The van der Waals surface area contributed by atoms with Gasteiger partial charge in [-0.25, -0.2) is 4.98 Å². The topological polar surface area (TPSA) is 46.3 Å². The number of hydrogen-bond donors (Lipinski definition) is 0. The number of nitrogens with zero attached hydrogens (tertiary/aromatic N) is 2. The number of benzene rings is 1. The molecule has 4 nitrogen and oxygen atoms in total. The van der Waals surface area contributed by atoms with Crippen LogP contribution in [0.1, 0.15) is 39.9 Å². The van der Waals surface area contributed by atoms with Gasteiger partial charge in [0.05, 0.1) is 27.1 Å². The SMILES string of the molecule is Cc1occc1C(=O)N1CCCC(c2nc3ccccc3s2)C1. The lowest BCUT2D eigenvalue weighted by Crippen LogP contribution is -2.39. The van der Waals surface area contributed by atoms with E-state index in [0.717, 1.165) is 36.5 Å². The summed E-state index contributed by atoms with van der Waals surface area (Å²) in [6, 6.07) is 9.98. The number of furan rings is 1. The summed E-state index contributed by atoms with van der Waals surface area (Å²) >= 11 is 1.75. The number of carbonyl (C=O) groups is 1. The van der Waals surface area contributed by atoms with Crippen LogP contribution in [0.15, 0.2) is 41.0 Å². The molecule has 2 aromatic heterocycles. The largest absolute Gasteiger partial charge is 0.469 e. The first kappa shape index (κ1) is 14.5. The standard InChI is InChI=1S/C18H18N2O2S/c1-12-14(8-10-22-12)18(21)20-9-4-5-13(11-20)17-19-15-6-2-3-7-16(15)23-17/h2-3,6-8,10,13H,4-5,9,11H2,1H3. The van der Waals surface area contributed by atoms with Crippen molar-refractivity contribution in [2.24, 2.45) is 0 Å². The monoisotopic (exact) mass is 326 g/mol. The first-order chi connectivity index (χ1) is 11.2. The summed E-state index contributed by atoms with van der Waals surface area (Å²) in [5.74, 6) is 1.09. The van der Waals surface area contributed by atoms with Crippen LogP contribution in [0.5, 0.6) is 0 Å². The van der Waals surface area contributed by atoms with E-state index in [1.807, 2.05) is 24.0 Å². The molecule has 3 aromatic rings. The number of amides is 1. The second kappa shape index (κ2) is 5.81. The molecule has 3 heterocycles. The molecule has 0 aliphatic carbocycles. The average Bonchev–Trinajstić information content (AvgIpc) is 3.20. The zero-order valence-electron chi connectivity index (χ0n) is 13.0. The molecular formula is C18H18N2O2S. The molecule has 1 aliphatic heterocycles. The van der Waals surface area contributed by atoms with Crippen molar-refractivity contribution in [2.75, 3.05) is 13.1 Å². The highest BCUT2D eigenvalue weighted by Crippen LogP contribution is 2.33. The Balaban J connectivity index is 1.57. The van der Waals surface area contributed by atoms with Crippen molar-refractivity contribution < 1.29 is 9.21 Å². The summed E-state index contributed by atoms with van der Waals surface area (Å²) in [6.07, 6.45) is 3.69. The smallest absolute Gasteiger partial charge is 0.257 e. The van der Waals surface area contributed by atoms with Gasteiger partial charge in [0, 0.05) is 19.0 Å². The van der Waals surface area contributed by atoms with Crippen LogP contribution in [-0.2, 0) is 0 Å². The Morgan fingerprint density at radius 3 is 3.00 bits per heavy atom. The molecule has 1 fully saturated rings. The Morgan fingerprint density at radius 2 is 2.22 bits per heavy atom. The van der Waals surface area contributed by atoms with Gasteiger partial charge < -0.3 is 9.32 Å². The van der Waals surface area contributed by atoms with E-state index in [-0.39, 0.29) is 5.91 Å². The molecule has 0 spiro atoms. The minimum atomic E-state index is 0.0714. The Labute approximate surface area is 138 Å². The zero-order valence-corrected chi connectivity index (χ0v) is 13.8. The zero-order chi connectivity index (χ0) is 15.8. The number of para-hydroxylation sites is 1. The van der Waals surface area contributed by atoms with Crippen molar-refractivity contribution in [3.05, 3.63) is 52.9 Å². The van der Waals surface area contributed by atoms with Crippen LogP contribution >= 0.6 is 11.3 Å². The number of carbonyl (C=O) groups excluding carboxylic acids is 1. The molecule has 1 atom stereocenters. The van der Waals surface area contributed by atoms with Crippen LogP contribution in [0.25, 0.3) is 10.2 Å². The average molecular weight is 326 g/mol. The van der Waals surface area contributed by atoms with Gasteiger partial charge in [-0.3, -0.25) is 4.79 Å². The maximum atomic E-state index is 12.7. The second-order valence-corrected chi connectivity index (χ2v) is 7.06. The van der Waals surface area contributed by atoms with E-state index in [0.29, 0.717) is 17.2 Å². The van der Waals surface area contributed by atoms with Crippen LogP contribution in [-0.4, -0.2) is 28.9 Å². The highest BCUT2D eigenvalue weighted by molar-refractivity contribution is 7.18. The van der Waals surface area contributed by atoms with Crippen LogP contribution in [0.2, 0.25) is 0 Å². The van der Waals surface area contributed by atoms with Crippen molar-refractivity contribution in [1.82, 2.24) is 9.88 Å². The Hall–Kier alpha value is -2.14. The number of thiazole rings is 1. The lowest BCUT2D eigenvalue weighted by Gasteiger charge is -2.31. The summed E-state index contributed by atoms with van der Waals surface area (Å²) < 4.78 is 6.49. The fraction of sp³-hybridized carbons (Fsp3) is 0.333. The maximum absolute atomic E-state index is 12.7. The minimum Gasteiger partial charge on any atom is -0.469 e. The summed E-state index contributed by atoms with van der Waals surface area (Å²) in [4.78, 5) is 19.4. The fourth-order valence-electron chi connectivity index (χ4n) is 3.21. The van der Waals surface area contributed by atoms with Gasteiger partial charge in [0.1, 0.15) is 5.76 Å². The second-order valence-electron chi connectivity index (χ2n) is 6.00. The maximum Gasteiger partial charge on any atom is 0.257 e. The van der Waals surface area contributed by atoms with E-state index in [1.54, 1.807) is 23.7 Å². The van der Waals surface area contributed by atoms with E-state index in [9.17, 15) is 4.79 Å². The molecule has 1 unspecified atom stereocenters. The predicted molar refractivity (Wildman–Crippen MR) is 90.9 cm³/mol. The molecule has 118 valence electrons. The molecule has 23 heavy (non-hydrogen) atoms. The lowest BCUT2D eigenvalue weighted by molar-refractivity contribution is 0.0705. The molecule has 5 heteroatoms. The van der Waals surface area contributed by atoms with Gasteiger partial charge in [-0.05, 0) is 38.0 Å². The van der Waals surface area contributed by atoms with Gasteiger partial charge >= 0.3 is 0 Å². The Bertz CT molecular complexity index is 818. The lowest BCUT2D eigenvalue weighted by atomic mass is 9.98. The van der Waals surface area contributed by atoms with Gasteiger partial charge in [-0.2, -0.15) is 0 Å². The van der Waals surface area contributed by atoms with E-state index < -0.39 is 0 Å². The molecule has 1 aliphatic rings. The third kappa shape index (κ3) is 2.65. The van der Waals surface area contributed by atoms with Crippen molar-refractivity contribution >= 4 is 27.5 Å². The fourth-order valence-corrected chi connectivity index (χ4v) is 4.30. The normalized spacial score (nSPS) is 18.5. The van der Waals surface area contributed by atoms with Crippen molar-refractivity contribution in [3.63, 3.8) is 0 Å². The number of likely N-dealkylation sites (tertiary alicyclic amines) is 1. The van der Waals surface area contributed by atoms with Gasteiger partial charge in [-0.15, -0.1) is 11.3 Å². The van der Waals surface area contributed by atoms with Crippen molar-refractivity contribution in [2.45, 2.75) is 25.7 Å². The summed E-state index contributed by atoms with van der Waals surface area (Å²) in [5, 5.41) is 1.15. The van der Waals surface area contributed by atoms with Crippen molar-refractivity contribution in [3.8, 4) is 0 Å². The number of piperidine rings is 1. The van der Waals surface area contributed by atoms with Crippen molar-refractivity contribution in [1.29, 1.82) is 0 Å². The molecule has 1 aromatic carbocycles. The number of hydrogen-bond acceptors (Lipinski definition) is 4. The Morgan fingerprint density at radius 1 is 1.35 bits per heavy atom. The molecule has 0 radical (unpaired) electrons. The first-order valence-electron chi connectivity index (χ1n) is 7.91. The molecular weight excluding hydrogens is 308 g/mol.